The fourth-order valence-corrected chi connectivity index (χ4v) is 1.50. The van der Waals surface area contributed by atoms with Gasteiger partial charge in [0.1, 0.15) is 24.4 Å². The molecule has 2 rings (SSSR count). The zero-order valence-corrected chi connectivity index (χ0v) is 9.67. The van der Waals surface area contributed by atoms with Gasteiger partial charge in [-0.25, -0.2) is 0 Å². The molecule has 0 aromatic rings. The molecule has 0 amide bonds. The highest BCUT2D eigenvalue weighted by Gasteiger charge is 2.25. The van der Waals surface area contributed by atoms with Gasteiger partial charge in [-0.2, -0.15) is 0 Å². The summed E-state index contributed by atoms with van der Waals surface area (Å²) in [5, 5.41) is 17.9. The molecule has 0 saturated carbocycles. The summed E-state index contributed by atoms with van der Waals surface area (Å²) < 4.78 is 19.5. The van der Waals surface area contributed by atoms with Gasteiger partial charge < -0.3 is 29.2 Å². The van der Waals surface area contributed by atoms with E-state index < -0.39 is 12.2 Å². The van der Waals surface area contributed by atoms with Crippen LogP contribution in [0.15, 0.2) is 0 Å². The van der Waals surface area contributed by atoms with E-state index in [1.165, 1.54) is 0 Å². The second kappa shape index (κ2) is 7.16. The number of rotatable bonds is 2. The van der Waals surface area contributed by atoms with E-state index in [2.05, 4.69) is 0 Å². The van der Waals surface area contributed by atoms with Crippen LogP contribution in [0.5, 0.6) is 0 Å². The van der Waals surface area contributed by atoms with Crippen LogP contribution in [0.1, 0.15) is 0 Å². The molecule has 0 aromatic heterocycles. The standard InChI is InChI=1S/2C5H10O3/c2*1-7-5-3-8-2-4(5)6/h2*4-6H,2-3H2,1H3/t2*4-,5+/m10/s1. The Balaban J connectivity index is 0.000000160. The Morgan fingerprint density at radius 1 is 0.812 bits per heavy atom. The van der Waals surface area contributed by atoms with Crippen LogP contribution in [0.3, 0.4) is 0 Å². The SMILES string of the molecule is CO[C@@H]1COC[C@@H]1O.CO[C@H]1COC[C@H]1O. The van der Waals surface area contributed by atoms with Crippen LogP contribution < -0.4 is 0 Å². The summed E-state index contributed by atoms with van der Waals surface area (Å²) in [6.07, 6.45) is -1.04. The number of ether oxygens (including phenoxy) is 4. The summed E-state index contributed by atoms with van der Waals surface area (Å²) in [6.45, 7) is 1.88. The lowest BCUT2D eigenvalue weighted by Crippen LogP contribution is -2.25. The molecule has 0 unspecified atom stereocenters. The third-order valence-corrected chi connectivity index (χ3v) is 2.61. The van der Waals surface area contributed by atoms with Crippen molar-refractivity contribution in [1.82, 2.24) is 0 Å². The lowest BCUT2D eigenvalue weighted by atomic mass is 10.3. The minimum Gasteiger partial charge on any atom is -0.388 e. The van der Waals surface area contributed by atoms with E-state index >= 15 is 0 Å². The quantitative estimate of drug-likeness (QED) is 0.626. The van der Waals surface area contributed by atoms with Crippen molar-refractivity contribution >= 4 is 0 Å². The molecule has 0 aliphatic carbocycles. The van der Waals surface area contributed by atoms with E-state index in [0.717, 1.165) is 0 Å². The molecule has 2 N–H and O–H groups in total. The molecule has 6 heteroatoms. The molecule has 2 aliphatic rings. The van der Waals surface area contributed by atoms with Gasteiger partial charge in [0.2, 0.25) is 0 Å². The first kappa shape index (κ1) is 13.8. The van der Waals surface area contributed by atoms with Crippen molar-refractivity contribution in [3.8, 4) is 0 Å². The van der Waals surface area contributed by atoms with Crippen molar-refractivity contribution in [1.29, 1.82) is 0 Å². The average Bonchev–Trinajstić information content (AvgIpc) is 2.87. The lowest BCUT2D eigenvalue weighted by molar-refractivity contribution is 0.0209. The summed E-state index contributed by atoms with van der Waals surface area (Å²) in [4.78, 5) is 0. The Morgan fingerprint density at radius 3 is 1.31 bits per heavy atom. The highest BCUT2D eigenvalue weighted by Crippen LogP contribution is 2.07. The Hall–Kier alpha value is -0.240. The normalized spacial score (nSPS) is 38.2. The summed E-state index contributed by atoms with van der Waals surface area (Å²) in [5.41, 5.74) is 0. The number of hydrogen-bond donors (Lipinski definition) is 2. The maximum atomic E-state index is 8.94. The number of aliphatic hydroxyl groups excluding tert-OH is 2. The van der Waals surface area contributed by atoms with Gasteiger partial charge in [-0.15, -0.1) is 0 Å². The third kappa shape index (κ3) is 3.97. The van der Waals surface area contributed by atoms with Gasteiger partial charge in [-0.1, -0.05) is 0 Å². The molecular formula is C10H20O6. The molecule has 2 aliphatic heterocycles. The van der Waals surface area contributed by atoms with Crippen LogP contribution in [0, 0.1) is 0 Å². The highest BCUT2D eigenvalue weighted by molar-refractivity contribution is 4.73. The van der Waals surface area contributed by atoms with Crippen LogP contribution in [-0.4, -0.2) is 75.3 Å². The van der Waals surface area contributed by atoms with Gasteiger partial charge >= 0.3 is 0 Å². The molecule has 6 nitrogen and oxygen atoms in total. The Bertz CT molecular complexity index is 168. The summed E-state index contributed by atoms with van der Waals surface area (Å²) in [5.74, 6) is 0. The van der Waals surface area contributed by atoms with Crippen LogP contribution in [-0.2, 0) is 18.9 Å². The average molecular weight is 236 g/mol. The van der Waals surface area contributed by atoms with Crippen LogP contribution in [0.25, 0.3) is 0 Å². The first-order valence-electron chi connectivity index (χ1n) is 5.26. The van der Waals surface area contributed by atoms with Crippen molar-refractivity contribution in [3.63, 3.8) is 0 Å². The van der Waals surface area contributed by atoms with Gasteiger partial charge in [0.25, 0.3) is 0 Å². The first-order valence-corrected chi connectivity index (χ1v) is 5.26. The van der Waals surface area contributed by atoms with Crippen LogP contribution in [0.4, 0.5) is 0 Å². The molecule has 4 atom stereocenters. The second-order valence-corrected chi connectivity index (χ2v) is 3.76. The molecule has 0 bridgehead atoms. The monoisotopic (exact) mass is 236 g/mol. The van der Waals surface area contributed by atoms with Crippen molar-refractivity contribution in [3.05, 3.63) is 0 Å². The maximum absolute atomic E-state index is 8.94. The van der Waals surface area contributed by atoms with Gasteiger partial charge in [-0.05, 0) is 0 Å². The largest absolute Gasteiger partial charge is 0.388 e. The Labute approximate surface area is 95.1 Å². The predicted octanol–water partition coefficient (Wildman–Crippen LogP) is -1.21. The van der Waals surface area contributed by atoms with Gasteiger partial charge in [0.05, 0.1) is 26.4 Å². The number of aliphatic hydroxyl groups is 2. The van der Waals surface area contributed by atoms with Crippen molar-refractivity contribution < 1.29 is 29.2 Å². The van der Waals surface area contributed by atoms with E-state index in [9.17, 15) is 0 Å². The van der Waals surface area contributed by atoms with E-state index in [4.69, 9.17) is 29.2 Å². The van der Waals surface area contributed by atoms with E-state index in [0.29, 0.717) is 26.4 Å². The van der Waals surface area contributed by atoms with Gasteiger partial charge in [-0.3, -0.25) is 0 Å². The number of hydrogen-bond acceptors (Lipinski definition) is 6. The molecule has 96 valence electrons. The van der Waals surface area contributed by atoms with Crippen molar-refractivity contribution in [2.45, 2.75) is 24.4 Å². The van der Waals surface area contributed by atoms with E-state index in [-0.39, 0.29) is 12.2 Å². The van der Waals surface area contributed by atoms with E-state index in [1.54, 1.807) is 14.2 Å². The summed E-state index contributed by atoms with van der Waals surface area (Å²) in [6, 6.07) is 0. The van der Waals surface area contributed by atoms with Crippen molar-refractivity contribution in [2.75, 3.05) is 40.6 Å². The minimum atomic E-state index is -0.417. The highest BCUT2D eigenvalue weighted by atomic mass is 16.6. The topological polar surface area (TPSA) is 77.4 Å². The van der Waals surface area contributed by atoms with Crippen LogP contribution >= 0.6 is 0 Å². The molecule has 2 fully saturated rings. The Morgan fingerprint density at radius 2 is 1.19 bits per heavy atom. The third-order valence-electron chi connectivity index (χ3n) is 2.61. The Kier molecular flexibility index (Phi) is 6.18. The zero-order valence-electron chi connectivity index (χ0n) is 9.67. The van der Waals surface area contributed by atoms with Gasteiger partial charge in [0.15, 0.2) is 0 Å². The molecule has 2 heterocycles. The van der Waals surface area contributed by atoms with Crippen LogP contribution in [0.2, 0.25) is 0 Å². The predicted molar refractivity (Wildman–Crippen MR) is 55.2 cm³/mol. The molecule has 0 aromatic carbocycles. The summed E-state index contributed by atoms with van der Waals surface area (Å²) >= 11 is 0. The van der Waals surface area contributed by atoms with Gasteiger partial charge in [0, 0.05) is 14.2 Å². The smallest absolute Gasteiger partial charge is 0.109 e. The minimum absolute atomic E-state index is 0.102. The fraction of sp³-hybridized carbons (Fsp3) is 1.00. The maximum Gasteiger partial charge on any atom is 0.109 e. The van der Waals surface area contributed by atoms with E-state index in [1.807, 2.05) is 0 Å². The molecular weight excluding hydrogens is 216 g/mol. The number of methoxy groups -OCH3 is 2. The molecule has 2 saturated heterocycles. The second-order valence-electron chi connectivity index (χ2n) is 3.76. The lowest BCUT2D eigenvalue weighted by Gasteiger charge is -2.07. The fourth-order valence-electron chi connectivity index (χ4n) is 1.50. The summed E-state index contributed by atoms with van der Waals surface area (Å²) in [7, 11) is 3.14. The molecule has 0 spiro atoms. The van der Waals surface area contributed by atoms with Crippen molar-refractivity contribution in [2.24, 2.45) is 0 Å². The molecule has 16 heavy (non-hydrogen) atoms. The first-order chi connectivity index (χ1) is 7.69. The zero-order chi connectivity index (χ0) is 12.0. The molecule has 0 radical (unpaired) electrons.